The Labute approximate surface area is 134 Å². The van der Waals surface area contributed by atoms with Gasteiger partial charge in [-0.05, 0) is 66.2 Å². The topological polar surface area (TPSA) is 64.3 Å². The van der Waals surface area contributed by atoms with E-state index < -0.39 is 6.10 Å². The number of carbonyl (C=O) groups excluding carboxylic acids is 1. The highest BCUT2D eigenvalue weighted by Crippen LogP contribution is 2.28. The summed E-state index contributed by atoms with van der Waals surface area (Å²) in [6, 6.07) is 6.43. The average Bonchev–Trinajstić information content (AvgIpc) is 3.25. The summed E-state index contributed by atoms with van der Waals surface area (Å²) in [6.07, 6.45) is 3.45. The van der Waals surface area contributed by atoms with Gasteiger partial charge in [0.2, 0.25) is 0 Å². The lowest BCUT2D eigenvalue weighted by Gasteiger charge is -2.16. The third kappa shape index (κ3) is 5.00. The number of hydrogen-bond donors (Lipinski definition) is 2. The van der Waals surface area contributed by atoms with Gasteiger partial charge in [-0.2, -0.15) is 0 Å². The Hall–Kier alpha value is -1.07. The Morgan fingerprint density at radius 2 is 2.24 bits per heavy atom. The summed E-state index contributed by atoms with van der Waals surface area (Å²) in [6.45, 7) is 3.85. The maximum Gasteiger partial charge on any atom is 0.260 e. The molecule has 1 aromatic carbocycles. The molecule has 1 aliphatic rings. The van der Waals surface area contributed by atoms with Gasteiger partial charge >= 0.3 is 0 Å². The van der Waals surface area contributed by atoms with Crippen LogP contribution in [0.2, 0.25) is 0 Å². The molecular formula is C16H23BrN2O2. The van der Waals surface area contributed by atoms with Gasteiger partial charge in [-0.25, -0.2) is 0 Å². The highest BCUT2D eigenvalue weighted by atomic mass is 79.9. The Morgan fingerprint density at radius 1 is 1.52 bits per heavy atom. The number of nitrogens with two attached hydrogens (primary N) is 1. The van der Waals surface area contributed by atoms with Crippen LogP contribution in [0, 0.1) is 0 Å². The predicted molar refractivity (Wildman–Crippen MR) is 87.4 cm³/mol. The van der Waals surface area contributed by atoms with Crippen molar-refractivity contribution in [2.75, 3.05) is 0 Å². The van der Waals surface area contributed by atoms with E-state index in [0.29, 0.717) is 11.8 Å². The van der Waals surface area contributed by atoms with E-state index >= 15 is 0 Å². The van der Waals surface area contributed by atoms with Crippen LogP contribution in [-0.2, 0) is 11.2 Å². The van der Waals surface area contributed by atoms with Crippen molar-refractivity contribution in [2.24, 2.45) is 5.73 Å². The van der Waals surface area contributed by atoms with Crippen molar-refractivity contribution in [3.8, 4) is 5.75 Å². The number of ether oxygens (including phenoxy) is 1. The molecule has 1 fully saturated rings. The van der Waals surface area contributed by atoms with Crippen LogP contribution in [0.4, 0.5) is 0 Å². The minimum absolute atomic E-state index is 0.0542. The molecule has 1 amide bonds. The van der Waals surface area contributed by atoms with Gasteiger partial charge in [-0.15, -0.1) is 0 Å². The highest BCUT2D eigenvalue weighted by Gasteiger charge is 2.26. The SMILES string of the molecule is CCC(N)Cc1ccc(OC(C)C(=O)NC2CC2)c(Br)c1. The molecule has 0 aliphatic heterocycles. The molecule has 2 rings (SSSR count). The zero-order valence-electron chi connectivity index (χ0n) is 12.6. The van der Waals surface area contributed by atoms with Crippen LogP contribution < -0.4 is 15.8 Å². The molecule has 0 saturated heterocycles. The molecule has 4 nitrogen and oxygen atoms in total. The third-order valence-electron chi connectivity index (χ3n) is 3.62. The number of halogens is 1. The minimum Gasteiger partial charge on any atom is -0.480 e. The van der Waals surface area contributed by atoms with E-state index in [1.165, 1.54) is 5.56 Å². The van der Waals surface area contributed by atoms with Crippen LogP contribution in [-0.4, -0.2) is 24.1 Å². The molecule has 2 atom stereocenters. The van der Waals surface area contributed by atoms with Crippen molar-refractivity contribution in [1.29, 1.82) is 0 Å². The minimum atomic E-state index is -0.495. The normalized spacial score (nSPS) is 17.1. The fraction of sp³-hybridized carbons (Fsp3) is 0.562. The lowest BCUT2D eigenvalue weighted by atomic mass is 10.0. The Kier molecular flexibility index (Phi) is 5.65. The molecule has 2 unspecified atom stereocenters. The van der Waals surface area contributed by atoms with E-state index in [4.69, 9.17) is 10.5 Å². The second-order valence-electron chi connectivity index (χ2n) is 5.68. The maximum atomic E-state index is 11.9. The van der Waals surface area contributed by atoms with E-state index in [2.05, 4.69) is 28.2 Å². The summed E-state index contributed by atoms with van der Waals surface area (Å²) in [5.41, 5.74) is 7.13. The van der Waals surface area contributed by atoms with Gasteiger partial charge in [-0.3, -0.25) is 4.79 Å². The van der Waals surface area contributed by atoms with E-state index in [1.54, 1.807) is 6.92 Å². The quantitative estimate of drug-likeness (QED) is 0.791. The molecular weight excluding hydrogens is 332 g/mol. The molecule has 0 heterocycles. The molecule has 5 heteroatoms. The smallest absolute Gasteiger partial charge is 0.260 e. The fourth-order valence-electron chi connectivity index (χ4n) is 2.00. The summed E-state index contributed by atoms with van der Waals surface area (Å²) in [7, 11) is 0. The number of carbonyl (C=O) groups is 1. The first kappa shape index (κ1) is 16.3. The Morgan fingerprint density at radius 3 is 2.81 bits per heavy atom. The van der Waals surface area contributed by atoms with Crippen LogP contribution in [0.3, 0.4) is 0 Å². The zero-order valence-corrected chi connectivity index (χ0v) is 14.2. The van der Waals surface area contributed by atoms with Gasteiger partial charge in [0, 0.05) is 12.1 Å². The number of nitrogens with one attached hydrogen (secondary N) is 1. The molecule has 0 radical (unpaired) electrons. The summed E-state index contributed by atoms with van der Waals surface area (Å²) in [5.74, 6) is 0.628. The molecule has 116 valence electrons. The Balaban J connectivity index is 1.94. The largest absolute Gasteiger partial charge is 0.480 e. The monoisotopic (exact) mass is 354 g/mol. The molecule has 0 spiro atoms. The molecule has 3 N–H and O–H groups in total. The van der Waals surface area contributed by atoms with Gasteiger partial charge < -0.3 is 15.8 Å². The second kappa shape index (κ2) is 7.27. The van der Waals surface area contributed by atoms with Crippen LogP contribution in [0.25, 0.3) is 0 Å². The molecule has 1 aliphatic carbocycles. The fourth-order valence-corrected chi connectivity index (χ4v) is 2.52. The van der Waals surface area contributed by atoms with Crippen molar-refractivity contribution < 1.29 is 9.53 Å². The second-order valence-corrected chi connectivity index (χ2v) is 6.53. The van der Waals surface area contributed by atoms with Gasteiger partial charge in [0.05, 0.1) is 4.47 Å². The molecule has 1 aromatic rings. The van der Waals surface area contributed by atoms with Crippen LogP contribution in [0.5, 0.6) is 5.75 Å². The van der Waals surface area contributed by atoms with Gasteiger partial charge in [-0.1, -0.05) is 13.0 Å². The van der Waals surface area contributed by atoms with Gasteiger partial charge in [0.1, 0.15) is 5.75 Å². The number of rotatable bonds is 7. The lowest BCUT2D eigenvalue weighted by molar-refractivity contribution is -0.127. The molecule has 0 aromatic heterocycles. The zero-order chi connectivity index (χ0) is 15.4. The Bertz CT molecular complexity index is 503. The summed E-state index contributed by atoms with van der Waals surface area (Å²) >= 11 is 3.50. The first-order chi connectivity index (χ1) is 9.99. The summed E-state index contributed by atoms with van der Waals surface area (Å²) < 4.78 is 6.59. The van der Waals surface area contributed by atoms with Crippen molar-refractivity contribution in [1.82, 2.24) is 5.32 Å². The van der Waals surface area contributed by atoms with E-state index in [1.807, 2.05) is 18.2 Å². The predicted octanol–water partition coefficient (Wildman–Crippen LogP) is 2.77. The lowest BCUT2D eigenvalue weighted by Crippen LogP contribution is -2.37. The van der Waals surface area contributed by atoms with Crippen LogP contribution in [0.15, 0.2) is 22.7 Å². The summed E-state index contributed by atoms with van der Waals surface area (Å²) in [5, 5.41) is 2.94. The number of hydrogen-bond acceptors (Lipinski definition) is 3. The number of amides is 1. The molecule has 21 heavy (non-hydrogen) atoms. The first-order valence-electron chi connectivity index (χ1n) is 7.50. The molecule has 0 bridgehead atoms. The van der Waals surface area contributed by atoms with E-state index in [-0.39, 0.29) is 11.9 Å². The van der Waals surface area contributed by atoms with E-state index in [9.17, 15) is 4.79 Å². The van der Waals surface area contributed by atoms with Crippen LogP contribution >= 0.6 is 15.9 Å². The number of benzene rings is 1. The van der Waals surface area contributed by atoms with Crippen molar-refractivity contribution in [2.45, 2.75) is 57.7 Å². The van der Waals surface area contributed by atoms with Crippen molar-refractivity contribution in [3.63, 3.8) is 0 Å². The van der Waals surface area contributed by atoms with Crippen molar-refractivity contribution in [3.05, 3.63) is 28.2 Å². The average molecular weight is 355 g/mol. The van der Waals surface area contributed by atoms with Gasteiger partial charge in [0.15, 0.2) is 6.10 Å². The van der Waals surface area contributed by atoms with Crippen molar-refractivity contribution >= 4 is 21.8 Å². The van der Waals surface area contributed by atoms with Gasteiger partial charge in [0.25, 0.3) is 5.91 Å². The maximum absolute atomic E-state index is 11.9. The standard InChI is InChI=1S/C16H23BrN2O2/c1-3-12(18)8-11-4-7-15(14(17)9-11)21-10(2)16(20)19-13-5-6-13/h4,7,9-10,12-13H,3,5-6,8,18H2,1-2H3,(H,19,20). The third-order valence-corrected chi connectivity index (χ3v) is 4.23. The molecule has 1 saturated carbocycles. The highest BCUT2D eigenvalue weighted by molar-refractivity contribution is 9.10. The summed E-state index contributed by atoms with van der Waals surface area (Å²) in [4.78, 5) is 11.9. The van der Waals surface area contributed by atoms with E-state index in [0.717, 1.165) is 30.2 Å². The van der Waals surface area contributed by atoms with Crippen LogP contribution in [0.1, 0.15) is 38.7 Å². The first-order valence-corrected chi connectivity index (χ1v) is 8.30.